The molecule has 9 nitrogen and oxygen atoms in total. The van der Waals surface area contributed by atoms with Crippen molar-refractivity contribution >= 4 is 0 Å². The largest absolute Gasteiger partial charge is 0.381 e. The Bertz CT molecular complexity index is 749. The van der Waals surface area contributed by atoms with E-state index in [1.54, 1.807) is 0 Å². The van der Waals surface area contributed by atoms with E-state index < -0.39 is 0 Å². The Morgan fingerprint density at radius 1 is 0.194 bits per heavy atom. The molecule has 0 bridgehead atoms. The fraction of sp³-hybridized carbons (Fsp3) is 1.00. The molecule has 0 aromatic heterocycles. The molecule has 0 rings (SSSR count). The third-order valence-electron chi connectivity index (χ3n) is 12.7. The first-order chi connectivity index (χ1) is 33.3. The van der Waals surface area contributed by atoms with Crippen LogP contribution < -0.4 is 0 Å². The number of hydrogen-bond acceptors (Lipinski definition) is 9. The van der Waals surface area contributed by atoms with Gasteiger partial charge in [-0.25, -0.2) is 0 Å². The van der Waals surface area contributed by atoms with Crippen molar-refractivity contribution in [2.45, 2.75) is 297 Å². The third-order valence-corrected chi connectivity index (χ3v) is 12.7. The van der Waals surface area contributed by atoms with Gasteiger partial charge in [0.1, 0.15) is 13.6 Å². The van der Waals surface area contributed by atoms with Crippen molar-refractivity contribution in [2.24, 2.45) is 0 Å². The minimum atomic E-state index is -0.0277. The SMILES string of the molecule is CCCCCCCCOC(CCCCCCOCCCCCOCOCOCCCCCOCCCCCCC(OCCCCCCCC)OCCCCCCCC)OCCCCCCCC. The van der Waals surface area contributed by atoms with Crippen LogP contribution in [-0.4, -0.2) is 92.2 Å². The number of rotatable bonds is 62. The highest BCUT2D eigenvalue weighted by atomic mass is 16.7. The first-order valence-corrected chi connectivity index (χ1v) is 29.6. The molecule has 0 radical (unpaired) electrons. The van der Waals surface area contributed by atoms with E-state index in [2.05, 4.69) is 27.7 Å². The summed E-state index contributed by atoms with van der Waals surface area (Å²) in [6.07, 6.45) is 49.0. The predicted molar refractivity (Wildman–Crippen MR) is 283 cm³/mol. The second kappa shape index (κ2) is 61.8. The smallest absolute Gasteiger partial charge is 0.157 e. The molecule has 0 N–H and O–H groups in total. The molecule has 0 aromatic carbocycles. The van der Waals surface area contributed by atoms with Crippen LogP contribution in [0.3, 0.4) is 0 Å². The zero-order valence-corrected chi connectivity index (χ0v) is 45.6. The lowest BCUT2D eigenvalue weighted by Gasteiger charge is -2.19. The molecular weight excluding hydrogens is 841 g/mol. The summed E-state index contributed by atoms with van der Waals surface area (Å²) in [6.45, 7) is 17.9. The zero-order valence-electron chi connectivity index (χ0n) is 45.6. The molecule has 0 fully saturated rings. The Kier molecular flexibility index (Phi) is 61.4. The highest BCUT2D eigenvalue weighted by Gasteiger charge is 2.11. The Labute approximate surface area is 418 Å². The molecule has 9 heteroatoms. The van der Waals surface area contributed by atoms with E-state index in [-0.39, 0.29) is 12.6 Å². The topological polar surface area (TPSA) is 83.1 Å². The van der Waals surface area contributed by atoms with Gasteiger partial charge in [0.15, 0.2) is 12.6 Å². The van der Waals surface area contributed by atoms with Crippen LogP contribution in [0.1, 0.15) is 285 Å². The van der Waals surface area contributed by atoms with Gasteiger partial charge in [0.25, 0.3) is 0 Å². The summed E-state index contributed by atoms with van der Waals surface area (Å²) >= 11 is 0. The fourth-order valence-corrected chi connectivity index (χ4v) is 8.20. The standard InChI is InChI=1S/C58H118O9/c1-5-9-13-17-23-39-51-64-57(65-52-40-24-18-14-10-6-2)43-31-21-27-33-45-59-47-35-29-37-49-61-55-63-56-62-50-38-30-36-48-60-46-34-28-22-32-44-58(66-53-41-25-19-15-11-7-3)67-54-42-26-20-16-12-8-4/h57-58H,5-56H2,1-4H3. The fourth-order valence-electron chi connectivity index (χ4n) is 8.20. The molecule has 0 heterocycles. The Morgan fingerprint density at radius 2 is 0.403 bits per heavy atom. The molecule has 0 aliphatic carbocycles. The maximum absolute atomic E-state index is 6.21. The van der Waals surface area contributed by atoms with Crippen molar-refractivity contribution in [1.82, 2.24) is 0 Å². The van der Waals surface area contributed by atoms with Crippen molar-refractivity contribution in [2.75, 3.05) is 79.7 Å². The molecule has 0 aliphatic heterocycles. The molecule has 67 heavy (non-hydrogen) atoms. The Morgan fingerprint density at radius 3 is 0.687 bits per heavy atom. The van der Waals surface area contributed by atoms with E-state index in [0.29, 0.717) is 13.6 Å². The van der Waals surface area contributed by atoms with Crippen LogP contribution >= 0.6 is 0 Å². The van der Waals surface area contributed by atoms with Crippen LogP contribution in [0, 0.1) is 0 Å². The van der Waals surface area contributed by atoms with Gasteiger partial charge in [0.2, 0.25) is 0 Å². The van der Waals surface area contributed by atoms with E-state index in [4.69, 9.17) is 42.6 Å². The molecule has 0 saturated carbocycles. The van der Waals surface area contributed by atoms with Crippen LogP contribution in [0.2, 0.25) is 0 Å². The van der Waals surface area contributed by atoms with Crippen molar-refractivity contribution in [1.29, 1.82) is 0 Å². The molecule has 404 valence electrons. The van der Waals surface area contributed by atoms with Crippen LogP contribution in [0.25, 0.3) is 0 Å². The van der Waals surface area contributed by atoms with Gasteiger partial charge < -0.3 is 42.6 Å². The van der Waals surface area contributed by atoms with Gasteiger partial charge in [-0.05, 0) is 103 Å². The summed E-state index contributed by atoms with van der Waals surface area (Å²) < 4.78 is 53.4. The normalized spacial score (nSPS) is 11.9. The summed E-state index contributed by atoms with van der Waals surface area (Å²) in [4.78, 5) is 0. The van der Waals surface area contributed by atoms with Crippen molar-refractivity contribution in [3.63, 3.8) is 0 Å². The van der Waals surface area contributed by atoms with Crippen LogP contribution in [-0.2, 0) is 42.6 Å². The Balaban J connectivity index is 3.60. The third kappa shape index (κ3) is 58.1. The number of ether oxygens (including phenoxy) is 9. The molecular formula is C58H118O9. The van der Waals surface area contributed by atoms with Crippen LogP contribution in [0.5, 0.6) is 0 Å². The highest BCUT2D eigenvalue weighted by Crippen LogP contribution is 2.16. The maximum atomic E-state index is 6.21. The van der Waals surface area contributed by atoms with E-state index in [1.165, 1.54) is 167 Å². The molecule has 0 amide bonds. The lowest BCUT2D eigenvalue weighted by atomic mass is 10.1. The maximum Gasteiger partial charge on any atom is 0.157 e. The van der Waals surface area contributed by atoms with E-state index in [1.807, 2.05) is 0 Å². The summed E-state index contributed by atoms with van der Waals surface area (Å²) in [5.41, 5.74) is 0. The Hall–Kier alpha value is -0.360. The second-order valence-corrected chi connectivity index (χ2v) is 19.4. The minimum Gasteiger partial charge on any atom is -0.381 e. The average molecular weight is 960 g/mol. The second-order valence-electron chi connectivity index (χ2n) is 19.4. The van der Waals surface area contributed by atoms with Gasteiger partial charge in [0, 0.05) is 66.1 Å². The summed E-state index contributed by atoms with van der Waals surface area (Å²) in [5.74, 6) is 0. The quantitative estimate of drug-likeness (QED) is 0.0437. The highest BCUT2D eigenvalue weighted by molar-refractivity contribution is 4.55. The number of hydrogen-bond donors (Lipinski definition) is 0. The van der Waals surface area contributed by atoms with Crippen LogP contribution in [0.4, 0.5) is 0 Å². The van der Waals surface area contributed by atoms with Gasteiger partial charge in [-0.2, -0.15) is 0 Å². The molecule has 0 aromatic rings. The van der Waals surface area contributed by atoms with Crippen molar-refractivity contribution < 1.29 is 42.6 Å². The number of unbranched alkanes of at least 4 members (excludes halogenated alkanes) is 30. The molecule has 0 atom stereocenters. The molecule has 0 spiro atoms. The van der Waals surface area contributed by atoms with E-state index in [0.717, 1.165) is 156 Å². The molecule has 0 aliphatic rings. The van der Waals surface area contributed by atoms with Gasteiger partial charge in [0.05, 0.1) is 0 Å². The predicted octanol–water partition coefficient (Wildman–Crippen LogP) is 17.4. The van der Waals surface area contributed by atoms with Crippen LogP contribution in [0.15, 0.2) is 0 Å². The van der Waals surface area contributed by atoms with Gasteiger partial charge in [-0.3, -0.25) is 0 Å². The summed E-state index contributed by atoms with van der Waals surface area (Å²) in [6, 6.07) is 0. The van der Waals surface area contributed by atoms with E-state index in [9.17, 15) is 0 Å². The zero-order chi connectivity index (χ0) is 48.3. The van der Waals surface area contributed by atoms with Gasteiger partial charge >= 0.3 is 0 Å². The summed E-state index contributed by atoms with van der Waals surface area (Å²) in [5, 5.41) is 0. The van der Waals surface area contributed by atoms with Crippen molar-refractivity contribution in [3.05, 3.63) is 0 Å². The lowest BCUT2D eigenvalue weighted by molar-refractivity contribution is -0.148. The average Bonchev–Trinajstić information content (AvgIpc) is 3.34. The first-order valence-electron chi connectivity index (χ1n) is 29.6. The summed E-state index contributed by atoms with van der Waals surface area (Å²) in [7, 11) is 0. The van der Waals surface area contributed by atoms with E-state index >= 15 is 0 Å². The monoisotopic (exact) mass is 959 g/mol. The first kappa shape index (κ1) is 66.6. The lowest BCUT2D eigenvalue weighted by Crippen LogP contribution is -2.19. The minimum absolute atomic E-state index is 0.0277. The van der Waals surface area contributed by atoms with Gasteiger partial charge in [-0.15, -0.1) is 0 Å². The molecule has 0 unspecified atom stereocenters. The van der Waals surface area contributed by atoms with Gasteiger partial charge in [-0.1, -0.05) is 182 Å². The van der Waals surface area contributed by atoms with Crippen molar-refractivity contribution in [3.8, 4) is 0 Å². The molecule has 0 saturated heterocycles.